The molecule has 0 fully saturated rings. The van der Waals surface area contributed by atoms with E-state index in [2.05, 4.69) is 6.07 Å². The summed E-state index contributed by atoms with van der Waals surface area (Å²) in [7, 11) is 6.08. The number of carbonyl (C=O) groups excluding carboxylic acids is 1. The van der Waals surface area contributed by atoms with Crippen LogP contribution in [0.2, 0.25) is 0 Å². The summed E-state index contributed by atoms with van der Waals surface area (Å²) in [6.45, 7) is 0.526. The first-order valence-corrected chi connectivity index (χ1v) is 5.78. The molecule has 0 aliphatic rings. The number of rotatable bonds is 3. The molecule has 0 aliphatic carbocycles. The van der Waals surface area contributed by atoms with Gasteiger partial charge in [-0.3, -0.25) is 4.79 Å². The van der Waals surface area contributed by atoms with E-state index >= 15 is 0 Å². The van der Waals surface area contributed by atoms with E-state index in [1.54, 1.807) is 0 Å². The van der Waals surface area contributed by atoms with Gasteiger partial charge in [0.25, 0.3) is 0 Å². The minimum absolute atomic E-state index is 0.197. The maximum Gasteiger partial charge on any atom is 0.216 e. The molecule has 88 valence electrons. The van der Waals surface area contributed by atoms with Gasteiger partial charge in [-0.1, -0.05) is 36.4 Å². The molecule has 2 aromatic rings. The Hall–Kier alpha value is -1.67. The quantitative estimate of drug-likeness (QED) is 0.583. The third-order valence-electron chi connectivity index (χ3n) is 2.69. The van der Waals surface area contributed by atoms with Crippen LogP contribution >= 0.6 is 0 Å². The first-order chi connectivity index (χ1) is 7.96. The van der Waals surface area contributed by atoms with E-state index in [1.165, 1.54) is 5.39 Å². The summed E-state index contributed by atoms with van der Waals surface area (Å²) in [5, 5.41) is 2.30. The molecule has 17 heavy (non-hydrogen) atoms. The maximum absolute atomic E-state index is 12.1. The topological polar surface area (TPSA) is 17.1 Å². The highest BCUT2D eigenvalue weighted by Crippen LogP contribution is 2.16. The van der Waals surface area contributed by atoms with Gasteiger partial charge in [0.05, 0.1) is 21.1 Å². The van der Waals surface area contributed by atoms with Gasteiger partial charge in [-0.15, -0.1) is 0 Å². The number of fused-ring (bicyclic) bond motifs is 1. The molecule has 2 heteroatoms. The Morgan fingerprint density at radius 3 is 2.29 bits per heavy atom. The number of quaternary nitrogens is 1. The van der Waals surface area contributed by atoms with Gasteiger partial charge < -0.3 is 4.48 Å². The number of carbonyl (C=O) groups is 1. The highest BCUT2D eigenvalue weighted by Gasteiger charge is 2.16. The third-order valence-corrected chi connectivity index (χ3v) is 2.69. The van der Waals surface area contributed by atoms with Gasteiger partial charge in [-0.25, -0.2) is 0 Å². The molecule has 0 aliphatic heterocycles. The first-order valence-electron chi connectivity index (χ1n) is 5.78. The minimum Gasteiger partial charge on any atom is -0.324 e. The van der Waals surface area contributed by atoms with Gasteiger partial charge >= 0.3 is 0 Å². The van der Waals surface area contributed by atoms with E-state index in [9.17, 15) is 4.79 Å². The standard InChI is InChI=1S/C15H18NO/c1-16(2,3)11-15(17)14-9-8-12-6-4-5-7-13(12)10-14/h4-10H,11H2,1-3H3/q+1. The number of benzene rings is 2. The molecule has 0 spiro atoms. The first kappa shape index (κ1) is 11.8. The molecule has 0 atom stereocenters. The monoisotopic (exact) mass is 228 g/mol. The smallest absolute Gasteiger partial charge is 0.216 e. The lowest BCUT2D eigenvalue weighted by Gasteiger charge is -2.22. The van der Waals surface area contributed by atoms with Crippen LogP contribution in [0.15, 0.2) is 42.5 Å². The van der Waals surface area contributed by atoms with Crippen LogP contribution in [0.4, 0.5) is 0 Å². The van der Waals surface area contributed by atoms with Crippen LogP contribution in [0, 0.1) is 0 Å². The van der Waals surface area contributed by atoms with E-state index in [4.69, 9.17) is 0 Å². The number of nitrogens with zero attached hydrogens (tertiary/aromatic N) is 1. The fourth-order valence-corrected chi connectivity index (χ4v) is 1.88. The van der Waals surface area contributed by atoms with Crippen LogP contribution in [-0.4, -0.2) is 38.0 Å². The predicted octanol–water partition coefficient (Wildman–Crippen LogP) is 2.73. The molecule has 0 saturated heterocycles. The van der Waals surface area contributed by atoms with Crippen LogP contribution in [0.3, 0.4) is 0 Å². The average molecular weight is 228 g/mol. The van der Waals surface area contributed by atoms with Crippen LogP contribution < -0.4 is 0 Å². The summed E-state index contributed by atoms with van der Waals surface area (Å²) < 4.78 is 0.658. The second-order valence-electron chi connectivity index (χ2n) is 5.43. The van der Waals surface area contributed by atoms with Crippen molar-refractivity contribution in [3.05, 3.63) is 48.0 Å². The van der Waals surface area contributed by atoms with E-state index in [0.717, 1.165) is 10.9 Å². The van der Waals surface area contributed by atoms with Gasteiger partial charge in [0.1, 0.15) is 6.54 Å². The van der Waals surface area contributed by atoms with Crippen LogP contribution in [0.5, 0.6) is 0 Å². The molecule has 2 rings (SSSR count). The van der Waals surface area contributed by atoms with Crippen LogP contribution in [0.1, 0.15) is 10.4 Å². The SMILES string of the molecule is C[N+](C)(C)CC(=O)c1ccc2ccccc2c1. The summed E-state index contributed by atoms with van der Waals surface area (Å²) >= 11 is 0. The van der Waals surface area contributed by atoms with Gasteiger partial charge in [0.2, 0.25) is 5.78 Å². The zero-order valence-electron chi connectivity index (χ0n) is 10.6. The zero-order chi connectivity index (χ0) is 12.5. The van der Waals surface area contributed by atoms with E-state index in [1.807, 2.05) is 57.5 Å². The Labute approximate surface area is 102 Å². The van der Waals surface area contributed by atoms with Crippen molar-refractivity contribution < 1.29 is 9.28 Å². The number of hydrogen-bond acceptors (Lipinski definition) is 1. The second kappa shape index (κ2) is 4.30. The maximum atomic E-state index is 12.1. The van der Waals surface area contributed by atoms with Crippen molar-refractivity contribution in [2.45, 2.75) is 0 Å². The normalized spacial score (nSPS) is 11.7. The van der Waals surface area contributed by atoms with Crippen molar-refractivity contribution in [3.63, 3.8) is 0 Å². The van der Waals surface area contributed by atoms with Crippen LogP contribution in [0.25, 0.3) is 10.8 Å². The van der Waals surface area contributed by atoms with Crippen molar-refractivity contribution in [1.82, 2.24) is 0 Å². The number of hydrogen-bond donors (Lipinski definition) is 0. The van der Waals surface area contributed by atoms with E-state index in [0.29, 0.717) is 11.0 Å². The second-order valence-corrected chi connectivity index (χ2v) is 5.43. The molecule has 0 bridgehead atoms. The molecular weight excluding hydrogens is 210 g/mol. The lowest BCUT2D eigenvalue weighted by atomic mass is 10.0. The highest BCUT2D eigenvalue weighted by atomic mass is 16.1. The Morgan fingerprint density at radius 1 is 1.00 bits per heavy atom. The van der Waals surface area contributed by atoms with Gasteiger partial charge in [0.15, 0.2) is 0 Å². The summed E-state index contributed by atoms with van der Waals surface area (Å²) in [5.41, 5.74) is 0.803. The van der Waals surface area contributed by atoms with Crippen molar-refractivity contribution in [2.75, 3.05) is 27.7 Å². The molecule has 0 unspecified atom stereocenters. The molecule has 2 aromatic carbocycles. The lowest BCUT2D eigenvalue weighted by Crippen LogP contribution is -2.39. The lowest BCUT2D eigenvalue weighted by molar-refractivity contribution is -0.861. The highest BCUT2D eigenvalue weighted by molar-refractivity contribution is 6.00. The Kier molecular flexibility index (Phi) is 2.99. The predicted molar refractivity (Wildman–Crippen MR) is 71.2 cm³/mol. The summed E-state index contributed by atoms with van der Waals surface area (Å²) in [6.07, 6.45) is 0. The van der Waals surface area contributed by atoms with Gasteiger partial charge in [0, 0.05) is 5.56 Å². The van der Waals surface area contributed by atoms with Gasteiger partial charge in [-0.2, -0.15) is 0 Å². The molecule has 0 N–H and O–H groups in total. The van der Waals surface area contributed by atoms with Crippen LogP contribution in [-0.2, 0) is 0 Å². The van der Waals surface area contributed by atoms with Crippen molar-refractivity contribution >= 4 is 16.6 Å². The summed E-state index contributed by atoms with van der Waals surface area (Å²) in [4.78, 5) is 12.1. The van der Waals surface area contributed by atoms with Gasteiger partial charge in [-0.05, 0) is 16.8 Å². The fraction of sp³-hybridized carbons (Fsp3) is 0.267. The Balaban J connectivity index is 2.33. The minimum atomic E-state index is 0.197. The van der Waals surface area contributed by atoms with E-state index in [-0.39, 0.29) is 5.78 Å². The molecular formula is C15H18NO+. The Morgan fingerprint density at radius 2 is 1.65 bits per heavy atom. The molecule has 2 nitrogen and oxygen atoms in total. The van der Waals surface area contributed by atoms with Crippen molar-refractivity contribution in [3.8, 4) is 0 Å². The zero-order valence-corrected chi connectivity index (χ0v) is 10.6. The Bertz CT molecular complexity index is 552. The molecule has 0 amide bonds. The number of Topliss-reactive ketones (excluding diaryl/α,β-unsaturated/α-hetero) is 1. The fourth-order valence-electron chi connectivity index (χ4n) is 1.88. The molecule has 0 radical (unpaired) electrons. The largest absolute Gasteiger partial charge is 0.324 e. The summed E-state index contributed by atoms with van der Waals surface area (Å²) in [6, 6.07) is 14.0. The van der Waals surface area contributed by atoms with Crippen molar-refractivity contribution in [2.24, 2.45) is 0 Å². The summed E-state index contributed by atoms with van der Waals surface area (Å²) in [5.74, 6) is 0.197. The third kappa shape index (κ3) is 2.92. The molecule has 0 saturated carbocycles. The molecule has 0 heterocycles. The van der Waals surface area contributed by atoms with E-state index < -0.39 is 0 Å². The number of ketones is 1. The number of likely N-dealkylation sites (N-methyl/N-ethyl adjacent to an activating group) is 1. The average Bonchev–Trinajstić information content (AvgIpc) is 2.26. The van der Waals surface area contributed by atoms with Crippen molar-refractivity contribution in [1.29, 1.82) is 0 Å². The molecule has 0 aromatic heterocycles.